The summed E-state index contributed by atoms with van der Waals surface area (Å²) in [6.07, 6.45) is 3.90. The van der Waals surface area contributed by atoms with Crippen molar-refractivity contribution in [3.63, 3.8) is 0 Å². The maximum Gasteiger partial charge on any atom is 0.212 e. The minimum atomic E-state index is -0.128. The number of nitrogen functional groups attached to an aromatic ring is 1. The summed E-state index contributed by atoms with van der Waals surface area (Å²) in [5.74, 6) is -0.128. The molecule has 0 radical (unpaired) electrons. The van der Waals surface area contributed by atoms with E-state index in [0.29, 0.717) is 29.0 Å². The Kier molecular flexibility index (Phi) is 3.30. The highest BCUT2D eigenvalue weighted by atomic mass is 16.6. The molecule has 0 saturated carbocycles. The third kappa shape index (κ3) is 2.42. The van der Waals surface area contributed by atoms with Crippen LogP contribution in [0.5, 0.6) is 0 Å². The van der Waals surface area contributed by atoms with Crippen LogP contribution in [0.15, 0.2) is 47.9 Å². The Hall–Kier alpha value is -3.15. The van der Waals surface area contributed by atoms with Crippen LogP contribution < -0.4 is 5.73 Å². The number of H-pyrrole nitrogens is 1. The largest absolute Gasteiger partial charge is 0.399 e. The summed E-state index contributed by atoms with van der Waals surface area (Å²) in [5, 5.41) is 4.65. The number of rotatable bonds is 3. The zero-order valence-corrected chi connectivity index (χ0v) is 13.1. The highest BCUT2D eigenvalue weighted by Gasteiger charge is 2.26. The molecule has 0 unspecified atom stereocenters. The predicted molar refractivity (Wildman–Crippen MR) is 92.9 cm³/mol. The molecule has 0 aliphatic carbocycles. The summed E-state index contributed by atoms with van der Waals surface area (Å²) < 4.78 is 0. The molecule has 0 amide bonds. The van der Waals surface area contributed by atoms with Crippen molar-refractivity contribution < 1.29 is 9.63 Å². The molecule has 1 atom stereocenters. The lowest BCUT2D eigenvalue weighted by atomic mass is 10.0. The lowest BCUT2D eigenvalue weighted by molar-refractivity contribution is 0.0991. The molecule has 4 rings (SSSR count). The molecule has 0 spiro atoms. The summed E-state index contributed by atoms with van der Waals surface area (Å²) in [7, 11) is 0. The van der Waals surface area contributed by atoms with Gasteiger partial charge in [-0.1, -0.05) is 17.3 Å². The summed E-state index contributed by atoms with van der Waals surface area (Å²) in [5.41, 5.74) is 10.1. The molecule has 0 bridgehead atoms. The number of hydrogen-bond donors (Lipinski definition) is 2. The van der Waals surface area contributed by atoms with Crippen LogP contribution in [0, 0.1) is 0 Å². The molecule has 6 nitrogen and oxygen atoms in total. The second kappa shape index (κ2) is 5.49. The maximum absolute atomic E-state index is 12.7. The van der Waals surface area contributed by atoms with E-state index in [-0.39, 0.29) is 11.9 Å². The summed E-state index contributed by atoms with van der Waals surface area (Å²) in [6.45, 7) is 1.89. The Morgan fingerprint density at radius 1 is 1.33 bits per heavy atom. The first-order valence-corrected chi connectivity index (χ1v) is 7.72. The molecule has 3 heterocycles. The van der Waals surface area contributed by atoms with Crippen molar-refractivity contribution in [3.05, 3.63) is 48.3 Å². The number of nitrogens with two attached hydrogens (primary N) is 1. The number of aromatic amines is 1. The average Bonchev–Trinajstić information content (AvgIpc) is 3.20. The molecule has 1 aromatic carbocycles. The van der Waals surface area contributed by atoms with E-state index in [1.54, 1.807) is 12.4 Å². The quantitative estimate of drug-likeness (QED) is 0.572. The number of nitrogens with one attached hydrogen (secondary N) is 1. The van der Waals surface area contributed by atoms with Crippen molar-refractivity contribution in [2.75, 3.05) is 5.73 Å². The van der Waals surface area contributed by atoms with Gasteiger partial charge in [0.05, 0.1) is 5.56 Å². The third-order valence-corrected chi connectivity index (χ3v) is 4.08. The van der Waals surface area contributed by atoms with Gasteiger partial charge >= 0.3 is 0 Å². The number of carbonyl (C=O) groups is 1. The van der Waals surface area contributed by atoms with E-state index in [4.69, 9.17) is 10.6 Å². The lowest BCUT2D eigenvalue weighted by Gasteiger charge is -2.04. The van der Waals surface area contributed by atoms with Gasteiger partial charge in [-0.3, -0.25) is 4.79 Å². The number of pyridine rings is 1. The number of Topliss-reactive ketones (excluding diaryl/α,β-unsaturated/α-hetero) is 1. The van der Waals surface area contributed by atoms with Crippen molar-refractivity contribution in [1.29, 1.82) is 0 Å². The van der Waals surface area contributed by atoms with Gasteiger partial charge in [0.1, 0.15) is 17.5 Å². The van der Waals surface area contributed by atoms with Gasteiger partial charge in [0, 0.05) is 35.5 Å². The second-order valence-electron chi connectivity index (χ2n) is 5.94. The fourth-order valence-electron chi connectivity index (χ4n) is 2.86. The highest BCUT2D eigenvalue weighted by Crippen LogP contribution is 2.27. The molecular formula is C18H16N4O2. The van der Waals surface area contributed by atoms with Gasteiger partial charge in [-0.25, -0.2) is 4.98 Å². The number of carbonyl (C=O) groups excluding carboxylic acids is 1. The van der Waals surface area contributed by atoms with Crippen LogP contribution in [0.3, 0.4) is 0 Å². The highest BCUT2D eigenvalue weighted by molar-refractivity contribution is 6.48. The molecule has 0 fully saturated rings. The maximum atomic E-state index is 12.7. The van der Waals surface area contributed by atoms with E-state index in [1.807, 2.05) is 37.3 Å². The van der Waals surface area contributed by atoms with Crippen LogP contribution in [0.2, 0.25) is 0 Å². The summed E-state index contributed by atoms with van der Waals surface area (Å²) in [6, 6.07) is 9.52. The van der Waals surface area contributed by atoms with Crippen LogP contribution in [-0.4, -0.2) is 27.6 Å². The number of oxime groups is 1. The van der Waals surface area contributed by atoms with Crippen molar-refractivity contribution in [2.24, 2.45) is 5.16 Å². The Bertz CT molecular complexity index is 974. The number of benzene rings is 1. The van der Waals surface area contributed by atoms with E-state index in [9.17, 15) is 4.79 Å². The molecule has 6 heteroatoms. The molecular weight excluding hydrogens is 304 g/mol. The number of hydrogen-bond acceptors (Lipinski definition) is 5. The molecule has 1 aliphatic rings. The minimum Gasteiger partial charge on any atom is -0.399 e. The molecule has 3 aromatic rings. The lowest BCUT2D eigenvalue weighted by Crippen LogP contribution is -2.13. The fraction of sp³-hybridized carbons (Fsp3) is 0.167. The Balaban J connectivity index is 1.78. The standard InChI is InChI=1S/C18H16N4O2/c1-10-5-16(22-24-10)17(23)15-9-21-18-14(15)7-12(8-20-18)11-3-2-4-13(19)6-11/h2-4,6-10H,5,19H2,1H3,(H,20,21)/t10-/m1/s1. The van der Waals surface area contributed by atoms with Crippen LogP contribution in [0.25, 0.3) is 22.2 Å². The molecule has 24 heavy (non-hydrogen) atoms. The van der Waals surface area contributed by atoms with Gasteiger partial charge < -0.3 is 15.6 Å². The van der Waals surface area contributed by atoms with Gasteiger partial charge in [0.15, 0.2) is 0 Å². The fourth-order valence-corrected chi connectivity index (χ4v) is 2.86. The van der Waals surface area contributed by atoms with Crippen LogP contribution >= 0.6 is 0 Å². The molecule has 1 aliphatic heterocycles. The molecule has 120 valence electrons. The van der Waals surface area contributed by atoms with Gasteiger partial charge in [-0.15, -0.1) is 0 Å². The van der Waals surface area contributed by atoms with Crippen molar-refractivity contribution in [3.8, 4) is 11.1 Å². The average molecular weight is 320 g/mol. The normalized spacial score (nSPS) is 16.9. The smallest absolute Gasteiger partial charge is 0.212 e. The zero-order valence-electron chi connectivity index (χ0n) is 13.1. The van der Waals surface area contributed by atoms with E-state index < -0.39 is 0 Å². The topological polar surface area (TPSA) is 93.4 Å². The zero-order chi connectivity index (χ0) is 16.7. The van der Waals surface area contributed by atoms with Crippen LogP contribution in [-0.2, 0) is 4.84 Å². The number of nitrogens with zero attached hydrogens (tertiary/aromatic N) is 2. The first kappa shape index (κ1) is 14.4. The van der Waals surface area contributed by atoms with Crippen molar-refractivity contribution >= 4 is 28.2 Å². The third-order valence-electron chi connectivity index (χ3n) is 4.08. The second-order valence-corrected chi connectivity index (χ2v) is 5.94. The van der Waals surface area contributed by atoms with Gasteiger partial charge in [0.25, 0.3) is 0 Å². The Morgan fingerprint density at radius 2 is 2.21 bits per heavy atom. The first-order chi connectivity index (χ1) is 11.6. The van der Waals surface area contributed by atoms with Crippen molar-refractivity contribution in [1.82, 2.24) is 9.97 Å². The predicted octanol–water partition coefficient (Wildman–Crippen LogP) is 3.16. The van der Waals surface area contributed by atoms with Gasteiger partial charge in [0.2, 0.25) is 5.78 Å². The van der Waals surface area contributed by atoms with Gasteiger partial charge in [-0.2, -0.15) is 0 Å². The van der Waals surface area contributed by atoms with E-state index in [0.717, 1.165) is 16.5 Å². The van der Waals surface area contributed by atoms with E-state index >= 15 is 0 Å². The number of anilines is 1. The summed E-state index contributed by atoms with van der Waals surface area (Å²) >= 11 is 0. The Labute approximate surface area is 138 Å². The minimum absolute atomic E-state index is 0.0601. The molecule has 2 aromatic heterocycles. The molecule has 3 N–H and O–H groups in total. The van der Waals surface area contributed by atoms with E-state index in [2.05, 4.69) is 15.1 Å². The number of fused-ring (bicyclic) bond motifs is 1. The monoisotopic (exact) mass is 320 g/mol. The summed E-state index contributed by atoms with van der Waals surface area (Å²) in [4.78, 5) is 25.3. The van der Waals surface area contributed by atoms with Crippen molar-refractivity contribution in [2.45, 2.75) is 19.4 Å². The first-order valence-electron chi connectivity index (χ1n) is 7.72. The van der Waals surface area contributed by atoms with E-state index in [1.165, 1.54) is 0 Å². The van der Waals surface area contributed by atoms with Gasteiger partial charge in [-0.05, 0) is 30.7 Å². The number of ketones is 1. The SMILES string of the molecule is C[C@@H]1CC(C(=O)c2c[nH]c3ncc(-c4cccc(N)c4)cc23)=NO1. The molecule has 0 saturated heterocycles. The Morgan fingerprint density at radius 3 is 2.96 bits per heavy atom. The number of aromatic nitrogens is 2. The van der Waals surface area contributed by atoms with Crippen LogP contribution in [0.4, 0.5) is 5.69 Å². The van der Waals surface area contributed by atoms with Crippen LogP contribution in [0.1, 0.15) is 23.7 Å².